The lowest BCUT2D eigenvalue weighted by Gasteiger charge is -2.25. The summed E-state index contributed by atoms with van der Waals surface area (Å²) in [4.78, 5) is 5.18. The number of likely N-dealkylation sites (tertiary alicyclic amines) is 1. The summed E-state index contributed by atoms with van der Waals surface area (Å²) in [5.41, 5.74) is 8.48. The molecule has 2 fully saturated rings. The van der Waals surface area contributed by atoms with Gasteiger partial charge in [-0.3, -0.25) is 4.90 Å². The Hall–Kier alpha value is -0.580. The van der Waals surface area contributed by atoms with Crippen LogP contribution in [0.25, 0.3) is 0 Å². The molecule has 2 heterocycles. The lowest BCUT2D eigenvalue weighted by molar-refractivity contribution is 0.260. The Morgan fingerprint density at radius 2 is 2.00 bits per heavy atom. The predicted octanol–water partition coefficient (Wildman–Crippen LogP) is 3.14. The third kappa shape index (κ3) is 2.87. The van der Waals surface area contributed by atoms with Gasteiger partial charge in [0.25, 0.3) is 0 Å². The monoisotopic (exact) mass is 337 g/mol. The van der Waals surface area contributed by atoms with Gasteiger partial charge in [-0.1, -0.05) is 22.0 Å². The van der Waals surface area contributed by atoms with Crippen molar-refractivity contribution in [1.82, 2.24) is 4.90 Å². The summed E-state index contributed by atoms with van der Waals surface area (Å²) >= 11 is 3.66. The van der Waals surface area contributed by atoms with E-state index >= 15 is 0 Å². The summed E-state index contributed by atoms with van der Waals surface area (Å²) in [6.07, 6.45) is 4.06. The maximum Gasteiger partial charge on any atom is 0.0378 e. The van der Waals surface area contributed by atoms with Gasteiger partial charge >= 0.3 is 0 Å². The van der Waals surface area contributed by atoms with Gasteiger partial charge in [0.15, 0.2) is 0 Å². The van der Waals surface area contributed by atoms with E-state index in [9.17, 15) is 0 Å². The average Bonchev–Trinajstić information content (AvgIpc) is 3.09. The summed E-state index contributed by atoms with van der Waals surface area (Å²) in [6.45, 7) is 6.96. The summed E-state index contributed by atoms with van der Waals surface area (Å²) in [6, 6.07) is 7.44. The quantitative estimate of drug-likeness (QED) is 0.919. The first-order valence-corrected chi connectivity index (χ1v) is 8.48. The van der Waals surface area contributed by atoms with E-state index < -0.39 is 0 Å². The Kier molecular flexibility index (Phi) is 4.34. The molecule has 0 spiro atoms. The third-order valence-corrected chi connectivity index (χ3v) is 5.35. The Morgan fingerprint density at radius 1 is 1.25 bits per heavy atom. The average molecular weight is 338 g/mol. The van der Waals surface area contributed by atoms with Crippen LogP contribution in [0.15, 0.2) is 22.7 Å². The van der Waals surface area contributed by atoms with Gasteiger partial charge in [-0.05, 0) is 57.0 Å². The third-order valence-electron chi connectivity index (χ3n) is 4.66. The molecule has 1 aromatic carbocycles. The smallest absolute Gasteiger partial charge is 0.0378 e. The summed E-state index contributed by atoms with van der Waals surface area (Å²) in [5, 5.41) is 0. The number of hydrogen-bond donors (Lipinski definition) is 1. The molecule has 2 unspecified atom stereocenters. The molecule has 0 saturated carbocycles. The molecule has 2 atom stereocenters. The Labute approximate surface area is 130 Å². The van der Waals surface area contributed by atoms with Crippen LogP contribution in [0, 0.1) is 0 Å². The number of nitrogens with zero attached hydrogens (tertiary/aromatic N) is 2. The van der Waals surface area contributed by atoms with Crippen LogP contribution in [0.5, 0.6) is 0 Å². The SMILES string of the molecule is CC(N)c1ccc(N2CCC(N3CCCC3)C2)cc1Br. The van der Waals surface area contributed by atoms with Crippen molar-refractivity contribution in [1.29, 1.82) is 0 Å². The molecule has 20 heavy (non-hydrogen) atoms. The van der Waals surface area contributed by atoms with Gasteiger partial charge in [-0.25, -0.2) is 0 Å². The van der Waals surface area contributed by atoms with E-state index in [1.165, 1.54) is 56.7 Å². The second kappa shape index (κ2) is 6.04. The molecule has 2 N–H and O–H groups in total. The minimum absolute atomic E-state index is 0.0781. The second-order valence-electron chi connectivity index (χ2n) is 6.13. The fourth-order valence-electron chi connectivity index (χ4n) is 3.46. The van der Waals surface area contributed by atoms with E-state index in [4.69, 9.17) is 5.73 Å². The number of nitrogens with two attached hydrogens (primary N) is 1. The zero-order valence-corrected chi connectivity index (χ0v) is 13.8. The topological polar surface area (TPSA) is 32.5 Å². The highest BCUT2D eigenvalue weighted by molar-refractivity contribution is 9.10. The molecule has 110 valence electrons. The van der Waals surface area contributed by atoms with Crippen molar-refractivity contribution in [2.75, 3.05) is 31.1 Å². The maximum atomic E-state index is 5.97. The molecule has 2 saturated heterocycles. The van der Waals surface area contributed by atoms with E-state index in [1.807, 2.05) is 6.92 Å². The summed E-state index contributed by atoms with van der Waals surface area (Å²) in [5.74, 6) is 0. The van der Waals surface area contributed by atoms with Crippen molar-refractivity contribution in [2.24, 2.45) is 5.73 Å². The van der Waals surface area contributed by atoms with E-state index in [1.54, 1.807) is 0 Å². The van der Waals surface area contributed by atoms with Crippen LogP contribution in [0.4, 0.5) is 5.69 Å². The van der Waals surface area contributed by atoms with E-state index in [0.717, 1.165) is 10.5 Å². The number of benzene rings is 1. The molecule has 4 heteroatoms. The van der Waals surface area contributed by atoms with Crippen LogP contribution in [0.3, 0.4) is 0 Å². The van der Waals surface area contributed by atoms with Crippen molar-refractivity contribution >= 4 is 21.6 Å². The van der Waals surface area contributed by atoms with Gasteiger partial charge in [-0.15, -0.1) is 0 Å². The molecule has 1 aromatic rings. The maximum absolute atomic E-state index is 5.97. The lowest BCUT2D eigenvalue weighted by atomic mass is 10.1. The van der Waals surface area contributed by atoms with Gasteiger partial charge < -0.3 is 10.6 Å². The molecule has 0 aliphatic carbocycles. The van der Waals surface area contributed by atoms with Crippen molar-refractivity contribution in [3.8, 4) is 0 Å². The van der Waals surface area contributed by atoms with Crippen molar-refractivity contribution in [2.45, 2.75) is 38.3 Å². The molecule has 0 bridgehead atoms. The normalized spacial score (nSPS) is 25.4. The second-order valence-corrected chi connectivity index (χ2v) is 6.98. The minimum atomic E-state index is 0.0781. The Morgan fingerprint density at radius 3 is 2.65 bits per heavy atom. The Balaban J connectivity index is 1.69. The highest BCUT2D eigenvalue weighted by Gasteiger charge is 2.29. The van der Waals surface area contributed by atoms with E-state index in [2.05, 4.69) is 43.9 Å². The molecule has 2 aliphatic rings. The lowest BCUT2D eigenvalue weighted by Crippen LogP contribution is -2.35. The minimum Gasteiger partial charge on any atom is -0.370 e. The molecule has 0 aromatic heterocycles. The first kappa shape index (κ1) is 14.4. The van der Waals surface area contributed by atoms with Gasteiger partial charge in [-0.2, -0.15) is 0 Å². The molecular formula is C16H24BrN3. The number of rotatable bonds is 3. The first-order valence-electron chi connectivity index (χ1n) is 7.69. The van der Waals surface area contributed by atoms with Crippen molar-refractivity contribution < 1.29 is 0 Å². The van der Waals surface area contributed by atoms with Crippen LogP contribution in [-0.4, -0.2) is 37.1 Å². The predicted molar refractivity (Wildman–Crippen MR) is 88.2 cm³/mol. The largest absolute Gasteiger partial charge is 0.370 e. The highest BCUT2D eigenvalue weighted by Crippen LogP contribution is 2.30. The number of halogens is 1. The van der Waals surface area contributed by atoms with Crippen LogP contribution in [0.1, 0.15) is 37.8 Å². The highest BCUT2D eigenvalue weighted by atomic mass is 79.9. The fourth-order valence-corrected chi connectivity index (χ4v) is 4.19. The fraction of sp³-hybridized carbons (Fsp3) is 0.625. The zero-order valence-electron chi connectivity index (χ0n) is 12.2. The van der Waals surface area contributed by atoms with Crippen LogP contribution < -0.4 is 10.6 Å². The van der Waals surface area contributed by atoms with Crippen molar-refractivity contribution in [3.05, 3.63) is 28.2 Å². The van der Waals surface area contributed by atoms with Gasteiger partial charge in [0, 0.05) is 35.3 Å². The number of hydrogen-bond acceptors (Lipinski definition) is 3. The van der Waals surface area contributed by atoms with Crippen LogP contribution in [0.2, 0.25) is 0 Å². The summed E-state index contributed by atoms with van der Waals surface area (Å²) in [7, 11) is 0. The molecule has 3 nitrogen and oxygen atoms in total. The van der Waals surface area contributed by atoms with Gasteiger partial charge in [0.05, 0.1) is 0 Å². The molecular weight excluding hydrogens is 314 g/mol. The van der Waals surface area contributed by atoms with Gasteiger partial charge in [0.2, 0.25) is 0 Å². The van der Waals surface area contributed by atoms with Gasteiger partial charge in [0.1, 0.15) is 0 Å². The molecule has 0 amide bonds. The molecule has 0 radical (unpaired) electrons. The molecule has 2 aliphatic heterocycles. The zero-order chi connectivity index (χ0) is 14.1. The van der Waals surface area contributed by atoms with Crippen LogP contribution in [-0.2, 0) is 0 Å². The number of anilines is 1. The standard InChI is InChI=1S/C16H24BrN3/c1-12(18)15-5-4-13(10-16(15)17)20-9-6-14(11-20)19-7-2-3-8-19/h4-5,10,12,14H,2-3,6-9,11,18H2,1H3. The Bertz CT molecular complexity index is 469. The van der Waals surface area contributed by atoms with E-state index in [-0.39, 0.29) is 6.04 Å². The van der Waals surface area contributed by atoms with Crippen molar-refractivity contribution in [3.63, 3.8) is 0 Å². The van der Waals surface area contributed by atoms with E-state index in [0.29, 0.717) is 0 Å². The molecule has 3 rings (SSSR count). The first-order chi connectivity index (χ1) is 9.65. The van der Waals surface area contributed by atoms with Crippen LogP contribution >= 0.6 is 15.9 Å². The summed E-state index contributed by atoms with van der Waals surface area (Å²) < 4.78 is 1.13.